The van der Waals surface area contributed by atoms with Crippen molar-refractivity contribution in [2.24, 2.45) is 28.2 Å². The standard InChI is InChI=1S/C23H18N2.C22H13NO3.C19H16N2.2C15H13NO2.C14H10ClNO/c1-24-20-13-7-8-14-21(20)25(18-10-3-2-4-11-18)23-19-12-6-5-9-17(19)15-16-22(23)24;1-23-17-9-5-4-8-14(17)21(25)16-11-10-15-18(19(16)23)22(26)13-7-3-2-6-12(13)20(15)24;1-20-16-11-5-7-13-18(16)21(15-9-3-2-4-10-15)19-14-8-6-12-17(19)20;1-16-13-6-4-3-5-11(13)15(17)12-9-10(18-2)7-8-14(12)16;1-16-13-6-4-3-5-11(13)15(17)12-8-7-10(18-2)9-14(12)16;1-16-12-5-3-2-4-10(12)14(17)11-8-9(15)6-7-13(11)16/h2-16H,1H3;2-11H,1H3;2-14H,1H3;2*3-9H,1-2H3;2-8H,1H3. The Morgan fingerprint density at radius 3 is 1.14 bits per heavy atom. The fourth-order valence-electron chi connectivity index (χ4n) is 17.6. The second kappa shape index (κ2) is 33.6. The summed E-state index contributed by atoms with van der Waals surface area (Å²) in [6.07, 6.45) is 0. The molecule has 20 aromatic rings. The van der Waals surface area contributed by atoms with Crippen molar-refractivity contribution in [1.82, 2.24) is 18.3 Å². The van der Waals surface area contributed by atoms with Crippen LogP contribution in [0, 0.1) is 0 Å². The van der Waals surface area contributed by atoms with E-state index in [4.69, 9.17) is 21.1 Å². The van der Waals surface area contributed by atoms with Gasteiger partial charge < -0.3 is 47.3 Å². The van der Waals surface area contributed by atoms with Crippen LogP contribution in [0.2, 0.25) is 5.02 Å². The fraction of sp³-hybridized carbons (Fsp3) is 0.0741. The predicted molar refractivity (Wildman–Crippen MR) is 514 cm³/mol. The lowest BCUT2D eigenvalue weighted by atomic mass is 9.82. The van der Waals surface area contributed by atoms with Crippen LogP contribution in [0.25, 0.3) is 98.0 Å². The van der Waals surface area contributed by atoms with E-state index in [9.17, 15) is 28.8 Å². The normalized spacial score (nSPS) is 12.1. The summed E-state index contributed by atoms with van der Waals surface area (Å²) in [6.45, 7) is 0. The number of benzene rings is 16. The van der Waals surface area contributed by atoms with Crippen molar-refractivity contribution >= 4 is 178 Å². The molecular formula is C108H83ClN8O8. The van der Waals surface area contributed by atoms with E-state index in [1.807, 2.05) is 174 Å². The number of aryl methyl sites for hydroxylation is 4. The number of para-hydroxylation sites is 12. The first-order valence-electron chi connectivity index (χ1n) is 40.9. The molecule has 1 aliphatic carbocycles. The van der Waals surface area contributed by atoms with Crippen LogP contribution in [0.15, 0.2) is 377 Å². The van der Waals surface area contributed by atoms with Crippen LogP contribution in [0.1, 0.15) is 31.8 Å². The first kappa shape index (κ1) is 80.2. The Labute approximate surface area is 724 Å². The monoisotopic (exact) mass is 1650 g/mol. The van der Waals surface area contributed by atoms with Gasteiger partial charge >= 0.3 is 0 Å². The Hall–Kier alpha value is -15.9. The molecule has 2 aliphatic heterocycles. The number of rotatable bonds is 4. The highest BCUT2D eigenvalue weighted by molar-refractivity contribution is 6.32. The van der Waals surface area contributed by atoms with E-state index in [0.29, 0.717) is 60.1 Å². The Balaban J connectivity index is 0.000000103. The molecule has 125 heavy (non-hydrogen) atoms. The van der Waals surface area contributed by atoms with Gasteiger partial charge in [-0.3, -0.25) is 28.8 Å². The van der Waals surface area contributed by atoms with E-state index < -0.39 is 0 Å². The summed E-state index contributed by atoms with van der Waals surface area (Å²) in [6, 6.07) is 117. The number of anilines is 10. The topological polar surface area (TPSA) is 154 Å². The smallest absolute Gasteiger partial charge is 0.197 e. The third-order valence-corrected chi connectivity index (χ3v) is 24.1. The van der Waals surface area contributed by atoms with Crippen molar-refractivity contribution in [3.8, 4) is 11.5 Å². The molecule has 16 aromatic carbocycles. The van der Waals surface area contributed by atoms with Crippen LogP contribution in [0.5, 0.6) is 11.5 Å². The van der Waals surface area contributed by atoms with Gasteiger partial charge in [-0.2, -0.15) is 0 Å². The van der Waals surface area contributed by atoms with E-state index in [1.165, 1.54) is 67.6 Å². The number of fused-ring (bicyclic) bond motifs is 17. The van der Waals surface area contributed by atoms with Crippen molar-refractivity contribution < 1.29 is 19.1 Å². The number of halogens is 1. The molecule has 0 spiro atoms. The molecule has 4 aromatic heterocycles. The van der Waals surface area contributed by atoms with Crippen LogP contribution in [-0.4, -0.2) is 58.1 Å². The predicted octanol–water partition coefficient (Wildman–Crippen LogP) is 23.8. The van der Waals surface area contributed by atoms with Gasteiger partial charge in [0.25, 0.3) is 0 Å². The summed E-state index contributed by atoms with van der Waals surface area (Å²) in [7, 11) is 15.2. The molecule has 6 heterocycles. The molecule has 23 rings (SSSR count). The summed E-state index contributed by atoms with van der Waals surface area (Å²) < 4.78 is 18.3. The molecule has 16 nitrogen and oxygen atoms in total. The maximum absolute atomic E-state index is 13.2. The summed E-state index contributed by atoms with van der Waals surface area (Å²) in [5, 5.41) is 8.45. The van der Waals surface area contributed by atoms with Gasteiger partial charge in [0.15, 0.2) is 33.3 Å². The van der Waals surface area contributed by atoms with Crippen molar-refractivity contribution in [2.75, 3.05) is 47.9 Å². The third kappa shape index (κ3) is 14.3. The van der Waals surface area contributed by atoms with E-state index in [1.54, 1.807) is 74.9 Å². The summed E-state index contributed by atoms with van der Waals surface area (Å²) >= 11 is 5.95. The van der Waals surface area contributed by atoms with Gasteiger partial charge in [0.05, 0.1) is 109 Å². The number of ketones is 2. The zero-order chi connectivity index (χ0) is 86.4. The number of nitrogens with zero attached hydrogens (tertiary/aromatic N) is 8. The SMILES string of the molecule is CN1c2ccccc2N(c2ccccc2)c2c1ccc1ccccc21.CN1c2ccccc2N(c2ccccc2)c2ccccc21.COc1ccc2c(=O)c3ccccc3n(C)c2c1.COc1ccc2c(c1)c(=O)c1ccccc1n2C.Cn1c2ccccc2c(=O)c2cc(Cl)ccc21.Cn1c2ccccc2c(=O)c2ccc3c(c21)C(=O)c1ccccc1C3=O. The number of hydrogen-bond acceptors (Lipinski definition) is 12. The van der Waals surface area contributed by atoms with Crippen molar-refractivity contribution in [1.29, 1.82) is 0 Å². The lowest BCUT2D eigenvalue weighted by Crippen LogP contribution is -2.24. The van der Waals surface area contributed by atoms with Gasteiger partial charge in [-0.05, 0) is 181 Å². The zero-order valence-corrected chi connectivity index (χ0v) is 70.5. The number of aromatic nitrogens is 4. The Morgan fingerprint density at radius 1 is 0.248 bits per heavy atom. The number of pyridine rings is 4. The van der Waals surface area contributed by atoms with Crippen molar-refractivity contribution in [3.63, 3.8) is 0 Å². The van der Waals surface area contributed by atoms with Crippen molar-refractivity contribution in [2.45, 2.75) is 0 Å². The van der Waals surface area contributed by atoms with Crippen LogP contribution in [0.4, 0.5) is 56.9 Å². The lowest BCUT2D eigenvalue weighted by molar-refractivity contribution is 0.0980. The van der Waals surface area contributed by atoms with Gasteiger partial charge in [-0.1, -0.05) is 188 Å². The second-order valence-electron chi connectivity index (χ2n) is 30.7. The maximum atomic E-state index is 13.2. The Kier molecular flexibility index (Phi) is 21.5. The van der Waals surface area contributed by atoms with Gasteiger partial charge in [-0.25, -0.2) is 0 Å². The van der Waals surface area contributed by atoms with Gasteiger partial charge in [0.1, 0.15) is 11.5 Å². The zero-order valence-electron chi connectivity index (χ0n) is 69.8. The third-order valence-electron chi connectivity index (χ3n) is 23.8. The molecule has 0 fully saturated rings. The van der Waals surface area contributed by atoms with E-state index >= 15 is 0 Å². The average molecular weight is 1660 g/mol. The minimum absolute atomic E-state index is 0.0381. The Morgan fingerprint density at radius 2 is 0.608 bits per heavy atom. The molecule has 3 aliphatic rings. The number of carbonyl (C=O) groups is 2. The molecule has 610 valence electrons. The summed E-state index contributed by atoms with van der Waals surface area (Å²) in [5.41, 5.74) is 20.4. The number of ether oxygens (including phenoxy) is 2. The highest BCUT2D eigenvalue weighted by atomic mass is 35.5. The largest absolute Gasteiger partial charge is 0.497 e. The molecule has 0 N–H and O–H groups in total. The van der Waals surface area contributed by atoms with Crippen LogP contribution in [-0.2, 0) is 28.2 Å². The minimum atomic E-state index is -0.217. The molecule has 0 saturated heterocycles. The summed E-state index contributed by atoms with van der Waals surface area (Å²) in [5.74, 6) is 1.06. The number of hydrogen-bond donors (Lipinski definition) is 0. The van der Waals surface area contributed by atoms with Crippen LogP contribution < -0.4 is 50.8 Å². The van der Waals surface area contributed by atoms with Gasteiger partial charge in [0, 0.05) is 130 Å². The van der Waals surface area contributed by atoms with Gasteiger partial charge in [-0.15, -0.1) is 0 Å². The molecule has 0 unspecified atom stereocenters. The Bertz CT molecular complexity index is 7960. The lowest BCUT2D eigenvalue weighted by Gasteiger charge is -2.39. The van der Waals surface area contributed by atoms with Crippen molar-refractivity contribution in [3.05, 3.63) is 426 Å². The van der Waals surface area contributed by atoms with Crippen LogP contribution in [0.3, 0.4) is 0 Å². The second-order valence-corrected chi connectivity index (χ2v) is 31.2. The van der Waals surface area contributed by atoms with E-state index in [2.05, 4.69) is 204 Å². The molecule has 0 saturated carbocycles. The van der Waals surface area contributed by atoms with E-state index in [-0.39, 0.29) is 33.3 Å². The molecule has 0 atom stereocenters. The van der Waals surface area contributed by atoms with E-state index in [0.717, 1.165) is 65.9 Å². The van der Waals surface area contributed by atoms with Crippen LogP contribution >= 0.6 is 11.6 Å². The molecule has 17 heteroatoms. The maximum Gasteiger partial charge on any atom is 0.197 e. The average Bonchev–Trinajstić information content (AvgIpc) is 0.729. The summed E-state index contributed by atoms with van der Waals surface area (Å²) in [4.78, 5) is 85.5. The van der Waals surface area contributed by atoms with Gasteiger partial charge in [0.2, 0.25) is 0 Å². The quantitative estimate of drug-likeness (QED) is 0.154. The first-order chi connectivity index (χ1) is 60.9. The fourth-order valence-corrected chi connectivity index (χ4v) is 17.8. The number of carbonyl (C=O) groups excluding carboxylic acids is 2. The number of methoxy groups -OCH3 is 2. The molecule has 0 bridgehead atoms. The highest BCUT2D eigenvalue weighted by Crippen LogP contribution is 2.54. The molecule has 0 amide bonds. The molecule has 0 radical (unpaired) electrons. The first-order valence-corrected chi connectivity index (χ1v) is 41.3. The highest BCUT2D eigenvalue weighted by Gasteiger charge is 2.34. The molecular weight excluding hydrogens is 1570 g/mol. The minimum Gasteiger partial charge on any atom is -0.497 e.